The molecule has 1 aromatic heterocycles. The van der Waals surface area contributed by atoms with Gasteiger partial charge in [0, 0.05) is 23.5 Å². The Kier molecular flexibility index (Phi) is 4.35. The average molecular weight is 240 g/mol. The molecular weight excluding hydrogens is 220 g/mol. The lowest BCUT2D eigenvalue weighted by molar-refractivity contribution is 0.0710. The number of thiophene rings is 1. The van der Waals surface area contributed by atoms with Crippen LogP contribution < -0.4 is 10.6 Å². The predicted octanol–water partition coefficient (Wildman–Crippen LogP) is 1.70. The van der Waals surface area contributed by atoms with Crippen molar-refractivity contribution >= 4 is 11.3 Å². The zero-order valence-electron chi connectivity index (χ0n) is 9.95. The zero-order chi connectivity index (χ0) is 11.4. The van der Waals surface area contributed by atoms with Gasteiger partial charge < -0.3 is 15.4 Å². The van der Waals surface area contributed by atoms with Gasteiger partial charge in [-0.3, -0.25) is 0 Å². The van der Waals surface area contributed by atoms with Crippen molar-refractivity contribution in [2.45, 2.75) is 25.4 Å². The van der Waals surface area contributed by atoms with E-state index >= 15 is 0 Å². The van der Waals surface area contributed by atoms with Gasteiger partial charge in [0.1, 0.15) is 0 Å². The molecule has 90 valence electrons. The number of hydrogen-bond donors (Lipinski definition) is 2. The summed E-state index contributed by atoms with van der Waals surface area (Å²) in [4.78, 5) is 1.45. The summed E-state index contributed by atoms with van der Waals surface area (Å²) in [5.41, 5.74) is 1.39. The molecule has 0 amide bonds. The number of rotatable bonds is 4. The first-order valence-corrected chi connectivity index (χ1v) is 6.71. The molecule has 1 aromatic rings. The average Bonchev–Trinajstić information content (AvgIpc) is 2.74. The third kappa shape index (κ3) is 2.83. The van der Waals surface area contributed by atoms with E-state index < -0.39 is 0 Å². The van der Waals surface area contributed by atoms with Crippen LogP contribution in [-0.2, 0) is 4.74 Å². The summed E-state index contributed by atoms with van der Waals surface area (Å²) in [5.74, 6) is 0. The van der Waals surface area contributed by atoms with Crippen molar-refractivity contribution in [3.05, 3.63) is 21.9 Å². The normalized spacial score (nSPS) is 23.2. The maximum Gasteiger partial charge on any atom is 0.0620 e. The molecule has 2 rings (SSSR count). The number of nitrogens with one attached hydrogen (secondary N) is 2. The lowest BCUT2D eigenvalue weighted by atomic mass is 10.0. The Labute approximate surface area is 101 Å². The molecule has 0 aliphatic carbocycles. The predicted molar refractivity (Wildman–Crippen MR) is 68.1 cm³/mol. The third-order valence-corrected chi connectivity index (χ3v) is 4.22. The van der Waals surface area contributed by atoms with Gasteiger partial charge in [0.05, 0.1) is 13.2 Å². The number of aryl methyl sites for hydroxylation is 1. The first kappa shape index (κ1) is 12.0. The van der Waals surface area contributed by atoms with Crippen molar-refractivity contribution in [3.8, 4) is 0 Å². The summed E-state index contributed by atoms with van der Waals surface area (Å²) < 4.78 is 5.49. The highest BCUT2D eigenvalue weighted by Gasteiger charge is 2.20. The Bertz CT molecular complexity index is 321. The van der Waals surface area contributed by atoms with Crippen molar-refractivity contribution in [3.63, 3.8) is 0 Å². The van der Waals surface area contributed by atoms with E-state index in [0.29, 0.717) is 12.1 Å². The zero-order valence-corrected chi connectivity index (χ0v) is 10.8. The third-order valence-electron chi connectivity index (χ3n) is 3.09. The van der Waals surface area contributed by atoms with Crippen molar-refractivity contribution in [2.24, 2.45) is 0 Å². The minimum atomic E-state index is 0.444. The van der Waals surface area contributed by atoms with Crippen molar-refractivity contribution < 1.29 is 4.74 Å². The Hall–Kier alpha value is -0.420. The molecule has 1 aliphatic heterocycles. The van der Waals surface area contributed by atoms with E-state index in [4.69, 9.17) is 4.74 Å². The number of hydrogen-bond acceptors (Lipinski definition) is 4. The highest BCUT2D eigenvalue weighted by atomic mass is 32.1. The van der Waals surface area contributed by atoms with Crippen molar-refractivity contribution in [2.75, 3.05) is 26.8 Å². The molecule has 0 spiro atoms. The fraction of sp³-hybridized carbons (Fsp3) is 0.667. The molecule has 0 aromatic carbocycles. The molecule has 0 radical (unpaired) electrons. The summed E-state index contributed by atoms with van der Waals surface area (Å²) in [6.45, 7) is 4.84. The van der Waals surface area contributed by atoms with Crippen LogP contribution in [0.1, 0.15) is 22.9 Å². The Morgan fingerprint density at radius 1 is 1.69 bits per heavy atom. The molecule has 0 saturated carbocycles. The minimum absolute atomic E-state index is 0.444. The molecule has 1 fully saturated rings. The minimum Gasteiger partial charge on any atom is -0.379 e. The summed E-state index contributed by atoms with van der Waals surface area (Å²) in [7, 11) is 2.04. The van der Waals surface area contributed by atoms with Crippen LogP contribution in [-0.4, -0.2) is 32.8 Å². The maximum atomic E-state index is 5.49. The molecule has 16 heavy (non-hydrogen) atoms. The molecule has 4 heteroatoms. The fourth-order valence-corrected chi connectivity index (χ4v) is 3.20. The van der Waals surface area contributed by atoms with Gasteiger partial charge in [-0.2, -0.15) is 0 Å². The van der Waals surface area contributed by atoms with Crippen LogP contribution in [0.25, 0.3) is 0 Å². The van der Waals surface area contributed by atoms with Gasteiger partial charge in [-0.15, -0.1) is 11.3 Å². The van der Waals surface area contributed by atoms with Crippen LogP contribution in [0.15, 0.2) is 11.4 Å². The standard InChI is InChI=1S/C12H20N2OS/c1-9-3-6-16-12(9)11(13-2)7-10-8-15-5-4-14-10/h3,6,10-11,13-14H,4-5,7-8H2,1-2H3. The summed E-state index contributed by atoms with van der Waals surface area (Å²) >= 11 is 1.84. The largest absolute Gasteiger partial charge is 0.379 e. The first-order valence-electron chi connectivity index (χ1n) is 5.83. The molecular formula is C12H20N2OS. The van der Waals surface area contributed by atoms with E-state index in [-0.39, 0.29) is 0 Å². The maximum absolute atomic E-state index is 5.49. The lowest BCUT2D eigenvalue weighted by Crippen LogP contribution is -2.43. The van der Waals surface area contributed by atoms with Crippen molar-refractivity contribution in [1.29, 1.82) is 0 Å². The molecule has 1 saturated heterocycles. The Morgan fingerprint density at radius 2 is 2.56 bits per heavy atom. The van der Waals surface area contributed by atoms with Crippen LogP contribution in [0, 0.1) is 6.92 Å². The number of morpholine rings is 1. The second-order valence-corrected chi connectivity index (χ2v) is 5.22. The second kappa shape index (κ2) is 5.77. The van der Waals surface area contributed by atoms with Gasteiger partial charge in [-0.05, 0) is 37.4 Å². The molecule has 2 unspecified atom stereocenters. The molecule has 2 heterocycles. The highest BCUT2D eigenvalue weighted by Crippen LogP contribution is 2.27. The van der Waals surface area contributed by atoms with Crippen LogP contribution in [0.2, 0.25) is 0 Å². The van der Waals surface area contributed by atoms with Gasteiger partial charge in [0.15, 0.2) is 0 Å². The van der Waals surface area contributed by atoms with Gasteiger partial charge in [0.2, 0.25) is 0 Å². The van der Waals surface area contributed by atoms with E-state index in [2.05, 4.69) is 29.0 Å². The summed E-state index contributed by atoms with van der Waals surface area (Å²) in [6.07, 6.45) is 1.10. The summed E-state index contributed by atoms with van der Waals surface area (Å²) in [6, 6.07) is 3.11. The van der Waals surface area contributed by atoms with Gasteiger partial charge >= 0.3 is 0 Å². The molecule has 2 N–H and O–H groups in total. The van der Waals surface area contributed by atoms with Gasteiger partial charge in [0.25, 0.3) is 0 Å². The molecule has 2 atom stereocenters. The molecule has 3 nitrogen and oxygen atoms in total. The first-order chi connectivity index (χ1) is 7.81. The Morgan fingerprint density at radius 3 is 3.12 bits per heavy atom. The molecule has 0 bridgehead atoms. The topological polar surface area (TPSA) is 33.3 Å². The fourth-order valence-electron chi connectivity index (χ4n) is 2.15. The van der Waals surface area contributed by atoms with Gasteiger partial charge in [-0.25, -0.2) is 0 Å². The van der Waals surface area contributed by atoms with E-state index in [9.17, 15) is 0 Å². The van der Waals surface area contributed by atoms with Crippen LogP contribution in [0.5, 0.6) is 0 Å². The van der Waals surface area contributed by atoms with Crippen LogP contribution >= 0.6 is 11.3 Å². The SMILES string of the molecule is CNC(CC1COCCN1)c1sccc1C. The van der Waals surface area contributed by atoms with E-state index in [1.54, 1.807) is 0 Å². The Balaban J connectivity index is 1.97. The monoisotopic (exact) mass is 240 g/mol. The van der Waals surface area contributed by atoms with E-state index in [1.165, 1.54) is 10.4 Å². The quantitative estimate of drug-likeness (QED) is 0.840. The van der Waals surface area contributed by atoms with Crippen LogP contribution in [0.3, 0.4) is 0 Å². The molecule has 1 aliphatic rings. The van der Waals surface area contributed by atoms with E-state index in [1.807, 2.05) is 18.4 Å². The smallest absolute Gasteiger partial charge is 0.0620 e. The van der Waals surface area contributed by atoms with Gasteiger partial charge in [-0.1, -0.05) is 0 Å². The lowest BCUT2D eigenvalue weighted by Gasteiger charge is -2.27. The highest BCUT2D eigenvalue weighted by molar-refractivity contribution is 7.10. The number of ether oxygens (including phenoxy) is 1. The second-order valence-electron chi connectivity index (χ2n) is 4.27. The summed E-state index contributed by atoms with van der Waals surface area (Å²) in [5, 5.41) is 9.08. The van der Waals surface area contributed by atoms with E-state index in [0.717, 1.165) is 26.2 Å². The van der Waals surface area contributed by atoms with Crippen molar-refractivity contribution in [1.82, 2.24) is 10.6 Å². The van der Waals surface area contributed by atoms with Crippen LogP contribution in [0.4, 0.5) is 0 Å².